The van der Waals surface area contributed by atoms with Crippen molar-refractivity contribution in [2.24, 2.45) is 0 Å². The molecule has 6 heteroatoms. The number of nitrogens with one attached hydrogen (secondary N) is 1. The summed E-state index contributed by atoms with van der Waals surface area (Å²) in [6.07, 6.45) is 0.898. The van der Waals surface area contributed by atoms with Crippen molar-refractivity contribution < 1.29 is 4.79 Å². The van der Waals surface area contributed by atoms with Gasteiger partial charge in [0.1, 0.15) is 0 Å². The Hall–Kier alpha value is -2.03. The SMILES string of the molecule is CC(C)(C)c1csc(N2CCC(NC(=O)C#Cc3cccc(Cl)c3)C2)n1. The molecule has 4 nitrogen and oxygen atoms in total. The summed E-state index contributed by atoms with van der Waals surface area (Å²) in [5.41, 5.74) is 1.90. The average Bonchev–Trinajstić information content (AvgIpc) is 3.21. The summed E-state index contributed by atoms with van der Waals surface area (Å²) in [5, 5.41) is 6.75. The van der Waals surface area contributed by atoms with E-state index >= 15 is 0 Å². The van der Waals surface area contributed by atoms with Crippen LogP contribution in [0.2, 0.25) is 5.02 Å². The number of anilines is 1. The van der Waals surface area contributed by atoms with Crippen LogP contribution in [0.4, 0.5) is 5.13 Å². The first kappa shape index (κ1) is 18.8. The van der Waals surface area contributed by atoms with Gasteiger partial charge in [0.05, 0.1) is 5.69 Å². The van der Waals surface area contributed by atoms with Gasteiger partial charge in [0.15, 0.2) is 5.13 Å². The van der Waals surface area contributed by atoms with E-state index in [1.807, 2.05) is 12.1 Å². The van der Waals surface area contributed by atoms with Crippen molar-refractivity contribution in [1.29, 1.82) is 0 Å². The number of carbonyl (C=O) groups is 1. The van der Waals surface area contributed by atoms with Gasteiger partial charge >= 0.3 is 0 Å². The van der Waals surface area contributed by atoms with E-state index in [9.17, 15) is 4.79 Å². The van der Waals surface area contributed by atoms with Crippen LogP contribution in [0, 0.1) is 11.8 Å². The largest absolute Gasteiger partial charge is 0.346 e. The van der Waals surface area contributed by atoms with Crippen LogP contribution in [0.25, 0.3) is 0 Å². The average molecular weight is 388 g/mol. The van der Waals surface area contributed by atoms with Gasteiger partial charge in [0.2, 0.25) is 0 Å². The molecule has 1 aliphatic heterocycles. The molecule has 136 valence electrons. The predicted molar refractivity (Wildman–Crippen MR) is 108 cm³/mol. The fourth-order valence-corrected chi connectivity index (χ4v) is 4.00. The van der Waals surface area contributed by atoms with Crippen molar-refractivity contribution in [2.45, 2.75) is 38.6 Å². The summed E-state index contributed by atoms with van der Waals surface area (Å²) in [7, 11) is 0. The Morgan fingerprint density at radius 1 is 1.42 bits per heavy atom. The smallest absolute Gasteiger partial charge is 0.296 e. The highest BCUT2D eigenvalue weighted by Gasteiger charge is 2.27. The lowest BCUT2D eigenvalue weighted by molar-refractivity contribution is -0.116. The number of amides is 1. The molecule has 0 radical (unpaired) electrons. The number of benzene rings is 1. The molecule has 26 heavy (non-hydrogen) atoms. The zero-order valence-electron chi connectivity index (χ0n) is 15.2. The summed E-state index contributed by atoms with van der Waals surface area (Å²) in [4.78, 5) is 19.1. The van der Waals surface area contributed by atoms with Crippen LogP contribution in [0.1, 0.15) is 38.4 Å². The summed E-state index contributed by atoms with van der Waals surface area (Å²) >= 11 is 7.59. The van der Waals surface area contributed by atoms with Crippen LogP contribution in [-0.4, -0.2) is 30.0 Å². The minimum atomic E-state index is -0.258. The second-order valence-corrected chi connectivity index (χ2v) is 8.70. The van der Waals surface area contributed by atoms with Crippen molar-refractivity contribution >= 4 is 34.0 Å². The van der Waals surface area contributed by atoms with E-state index in [0.29, 0.717) is 5.02 Å². The maximum atomic E-state index is 12.1. The van der Waals surface area contributed by atoms with Gasteiger partial charge in [0, 0.05) is 46.4 Å². The highest BCUT2D eigenvalue weighted by Crippen LogP contribution is 2.30. The Morgan fingerprint density at radius 3 is 2.92 bits per heavy atom. The third-order valence-electron chi connectivity index (χ3n) is 4.20. The van der Waals surface area contributed by atoms with E-state index in [4.69, 9.17) is 16.6 Å². The minimum Gasteiger partial charge on any atom is -0.346 e. The summed E-state index contributed by atoms with van der Waals surface area (Å²) < 4.78 is 0. The lowest BCUT2D eigenvalue weighted by Crippen LogP contribution is -2.36. The molecule has 0 saturated carbocycles. The van der Waals surface area contributed by atoms with E-state index in [0.717, 1.165) is 35.9 Å². The molecule has 1 aromatic carbocycles. The molecule has 1 aromatic heterocycles. The molecular weight excluding hydrogens is 366 g/mol. The third kappa shape index (κ3) is 4.78. The van der Waals surface area contributed by atoms with Crippen LogP contribution in [0.15, 0.2) is 29.6 Å². The first-order valence-corrected chi connectivity index (χ1v) is 9.86. The van der Waals surface area contributed by atoms with Crippen LogP contribution in [0.3, 0.4) is 0 Å². The van der Waals surface area contributed by atoms with Gasteiger partial charge in [-0.05, 0) is 24.6 Å². The number of carbonyl (C=O) groups excluding carboxylic acids is 1. The van der Waals surface area contributed by atoms with Crippen LogP contribution in [-0.2, 0) is 10.2 Å². The highest BCUT2D eigenvalue weighted by molar-refractivity contribution is 7.13. The van der Waals surface area contributed by atoms with E-state index in [2.05, 4.69) is 48.2 Å². The van der Waals surface area contributed by atoms with Crippen molar-refractivity contribution in [3.8, 4) is 11.8 Å². The van der Waals surface area contributed by atoms with Gasteiger partial charge < -0.3 is 10.2 Å². The summed E-state index contributed by atoms with van der Waals surface area (Å²) in [6.45, 7) is 8.15. The minimum absolute atomic E-state index is 0.0536. The standard InChI is InChI=1S/C20H22ClN3OS/c1-20(2,3)17-13-26-19(23-17)24-10-9-16(12-24)22-18(25)8-7-14-5-4-6-15(21)11-14/h4-6,11,13,16H,9-10,12H2,1-3H3,(H,22,25). The second-order valence-electron chi connectivity index (χ2n) is 7.43. The quantitative estimate of drug-likeness (QED) is 0.796. The summed E-state index contributed by atoms with van der Waals surface area (Å²) in [5.74, 6) is 5.24. The molecule has 1 amide bonds. The van der Waals surface area contributed by atoms with Crippen molar-refractivity contribution in [3.05, 3.63) is 45.9 Å². The number of rotatable bonds is 2. The normalized spacial score (nSPS) is 16.9. The molecule has 0 bridgehead atoms. The Kier molecular flexibility index (Phi) is 5.55. The maximum absolute atomic E-state index is 12.1. The predicted octanol–water partition coefficient (Wildman–Crippen LogP) is 3.84. The fraction of sp³-hybridized carbons (Fsp3) is 0.400. The Morgan fingerprint density at radius 2 is 2.23 bits per heavy atom. The molecule has 1 fully saturated rings. The van der Waals surface area contributed by atoms with Crippen LogP contribution >= 0.6 is 22.9 Å². The molecule has 1 atom stereocenters. The van der Waals surface area contributed by atoms with Crippen molar-refractivity contribution in [3.63, 3.8) is 0 Å². The molecular formula is C20H22ClN3OS. The zero-order chi connectivity index (χ0) is 18.7. The van der Waals surface area contributed by atoms with Crippen LogP contribution in [0.5, 0.6) is 0 Å². The number of aromatic nitrogens is 1. The Balaban J connectivity index is 1.56. The van der Waals surface area contributed by atoms with Gasteiger partial charge in [0.25, 0.3) is 5.91 Å². The second kappa shape index (κ2) is 7.69. The molecule has 1 unspecified atom stereocenters. The van der Waals surface area contributed by atoms with Gasteiger partial charge in [-0.3, -0.25) is 4.79 Å². The third-order valence-corrected chi connectivity index (χ3v) is 5.34. The van der Waals surface area contributed by atoms with Crippen molar-refractivity contribution in [1.82, 2.24) is 10.3 Å². The molecule has 1 saturated heterocycles. The van der Waals surface area contributed by atoms with Crippen molar-refractivity contribution in [2.75, 3.05) is 18.0 Å². The fourth-order valence-electron chi connectivity index (χ4n) is 2.72. The molecule has 1 N–H and O–H groups in total. The van der Waals surface area contributed by atoms with Gasteiger partial charge in [-0.1, -0.05) is 44.4 Å². The van der Waals surface area contributed by atoms with E-state index < -0.39 is 0 Å². The van der Waals surface area contributed by atoms with E-state index in [1.165, 1.54) is 0 Å². The number of hydrogen-bond acceptors (Lipinski definition) is 4. The van der Waals surface area contributed by atoms with E-state index in [1.54, 1.807) is 23.5 Å². The topological polar surface area (TPSA) is 45.2 Å². The molecule has 2 aromatic rings. The maximum Gasteiger partial charge on any atom is 0.296 e. The number of halogens is 1. The lowest BCUT2D eigenvalue weighted by Gasteiger charge is -2.17. The lowest BCUT2D eigenvalue weighted by atomic mass is 9.93. The Labute approximate surface area is 163 Å². The number of nitrogens with zero attached hydrogens (tertiary/aromatic N) is 2. The molecule has 0 spiro atoms. The number of thiazole rings is 1. The van der Waals surface area contributed by atoms with Gasteiger partial charge in [-0.15, -0.1) is 11.3 Å². The Bertz CT molecular complexity index is 860. The van der Waals surface area contributed by atoms with Crippen LogP contribution < -0.4 is 10.2 Å². The monoisotopic (exact) mass is 387 g/mol. The van der Waals surface area contributed by atoms with E-state index in [-0.39, 0.29) is 17.4 Å². The van der Waals surface area contributed by atoms with Gasteiger partial charge in [-0.25, -0.2) is 4.98 Å². The molecule has 0 aliphatic carbocycles. The first-order valence-electron chi connectivity index (χ1n) is 8.60. The highest BCUT2D eigenvalue weighted by atomic mass is 35.5. The molecule has 1 aliphatic rings. The molecule has 2 heterocycles. The number of hydrogen-bond donors (Lipinski definition) is 1. The zero-order valence-corrected chi connectivity index (χ0v) is 16.7. The van der Waals surface area contributed by atoms with Gasteiger partial charge in [-0.2, -0.15) is 0 Å². The first-order chi connectivity index (χ1) is 12.3. The summed E-state index contributed by atoms with van der Waals surface area (Å²) in [6, 6.07) is 7.27. The molecule has 3 rings (SSSR count).